The maximum atomic E-state index is 5.25. The highest BCUT2D eigenvalue weighted by atomic mass is 35.5. The molecule has 4 nitrogen and oxygen atoms in total. The Hall–Kier alpha value is -0.610. The van der Waals surface area contributed by atoms with Gasteiger partial charge in [0.05, 0.1) is 0 Å². The number of hydrogen-bond acceptors (Lipinski definition) is 4. The third-order valence-electron chi connectivity index (χ3n) is 2.92. The Labute approximate surface area is 103 Å². The van der Waals surface area contributed by atoms with Crippen molar-refractivity contribution in [2.75, 3.05) is 13.1 Å². The monoisotopic (exact) mass is 245 g/mol. The zero-order chi connectivity index (χ0) is 10.7. The van der Waals surface area contributed by atoms with E-state index in [0.717, 1.165) is 31.2 Å². The number of aromatic nitrogens is 2. The number of rotatable bonds is 3. The molecule has 0 bridgehead atoms. The third kappa shape index (κ3) is 3.46. The number of halogens is 1. The molecule has 0 aliphatic carbocycles. The number of piperidine rings is 1. The molecule has 1 aliphatic rings. The first kappa shape index (κ1) is 13.5. The molecule has 1 saturated heterocycles. The second kappa shape index (κ2) is 6.21. The van der Waals surface area contributed by atoms with E-state index in [1.54, 1.807) is 0 Å². The van der Waals surface area contributed by atoms with Crippen molar-refractivity contribution in [3.63, 3.8) is 0 Å². The lowest BCUT2D eigenvalue weighted by atomic mass is 9.95. The SMILES string of the molecule is CC(C)c1noc(CC2CCNCC2)n1.Cl. The lowest BCUT2D eigenvalue weighted by molar-refractivity contribution is 0.311. The molecule has 0 spiro atoms. The maximum Gasteiger partial charge on any atom is 0.226 e. The van der Waals surface area contributed by atoms with Gasteiger partial charge >= 0.3 is 0 Å². The topological polar surface area (TPSA) is 51.0 Å². The summed E-state index contributed by atoms with van der Waals surface area (Å²) in [4.78, 5) is 4.41. The van der Waals surface area contributed by atoms with Crippen LogP contribution in [-0.4, -0.2) is 23.2 Å². The fourth-order valence-electron chi connectivity index (χ4n) is 1.92. The van der Waals surface area contributed by atoms with Crippen molar-refractivity contribution in [2.45, 2.75) is 39.0 Å². The van der Waals surface area contributed by atoms with E-state index in [-0.39, 0.29) is 12.4 Å². The molecule has 1 N–H and O–H groups in total. The van der Waals surface area contributed by atoms with Crippen LogP contribution in [-0.2, 0) is 6.42 Å². The number of nitrogens with zero attached hydrogens (tertiary/aromatic N) is 2. The van der Waals surface area contributed by atoms with Crippen LogP contribution in [0, 0.1) is 5.92 Å². The molecule has 0 amide bonds. The average molecular weight is 246 g/mol. The Morgan fingerprint density at radius 3 is 2.62 bits per heavy atom. The summed E-state index contributed by atoms with van der Waals surface area (Å²) in [6.07, 6.45) is 3.39. The van der Waals surface area contributed by atoms with Crippen LogP contribution in [0.25, 0.3) is 0 Å². The van der Waals surface area contributed by atoms with E-state index in [0.29, 0.717) is 11.8 Å². The fraction of sp³-hybridized carbons (Fsp3) is 0.818. The summed E-state index contributed by atoms with van der Waals surface area (Å²) in [5.74, 6) is 2.71. The summed E-state index contributed by atoms with van der Waals surface area (Å²) >= 11 is 0. The van der Waals surface area contributed by atoms with Gasteiger partial charge in [0.1, 0.15) is 0 Å². The molecule has 92 valence electrons. The van der Waals surface area contributed by atoms with Crippen molar-refractivity contribution >= 4 is 12.4 Å². The van der Waals surface area contributed by atoms with E-state index in [2.05, 4.69) is 29.3 Å². The molecule has 5 heteroatoms. The highest BCUT2D eigenvalue weighted by Gasteiger charge is 2.17. The summed E-state index contributed by atoms with van der Waals surface area (Å²) in [7, 11) is 0. The second-order valence-electron chi connectivity index (χ2n) is 4.60. The van der Waals surface area contributed by atoms with Gasteiger partial charge in [0, 0.05) is 12.3 Å². The Morgan fingerprint density at radius 1 is 1.38 bits per heavy atom. The summed E-state index contributed by atoms with van der Waals surface area (Å²) in [5, 5.41) is 7.34. The minimum Gasteiger partial charge on any atom is -0.339 e. The van der Waals surface area contributed by atoms with Gasteiger partial charge in [0.15, 0.2) is 5.82 Å². The summed E-state index contributed by atoms with van der Waals surface area (Å²) < 4.78 is 5.25. The van der Waals surface area contributed by atoms with Crippen LogP contribution in [0.2, 0.25) is 0 Å². The zero-order valence-corrected chi connectivity index (χ0v) is 10.7. The molecule has 1 aliphatic heterocycles. The minimum atomic E-state index is 0. The van der Waals surface area contributed by atoms with Crippen molar-refractivity contribution in [1.82, 2.24) is 15.5 Å². The molecule has 1 fully saturated rings. The number of nitrogens with one attached hydrogen (secondary N) is 1. The van der Waals surface area contributed by atoms with E-state index in [9.17, 15) is 0 Å². The van der Waals surface area contributed by atoms with Gasteiger partial charge in [-0.25, -0.2) is 0 Å². The van der Waals surface area contributed by atoms with Crippen molar-refractivity contribution in [3.8, 4) is 0 Å². The third-order valence-corrected chi connectivity index (χ3v) is 2.92. The van der Waals surface area contributed by atoms with Crippen LogP contribution < -0.4 is 5.32 Å². The highest BCUT2D eigenvalue weighted by molar-refractivity contribution is 5.85. The smallest absolute Gasteiger partial charge is 0.226 e. The van der Waals surface area contributed by atoms with Gasteiger partial charge in [-0.1, -0.05) is 19.0 Å². The second-order valence-corrected chi connectivity index (χ2v) is 4.60. The van der Waals surface area contributed by atoms with Crippen LogP contribution in [0.1, 0.15) is 44.3 Å². The fourth-order valence-corrected chi connectivity index (χ4v) is 1.92. The molecular formula is C11H20ClN3O. The molecule has 1 aromatic rings. The maximum absolute atomic E-state index is 5.25. The lowest BCUT2D eigenvalue weighted by Crippen LogP contribution is -2.28. The van der Waals surface area contributed by atoms with Gasteiger partial charge < -0.3 is 9.84 Å². The molecular weight excluding hydrogens is 226 g/mol. The molecule has 0 unspecified atom stereocenters. The van der Waals surface area contributed by atoms with Crippen molar-refractivity contribution in [2.24, 2.45) is 5.92 Å². The van der Waals surface area contributed by atoms with Crippen LogP contribution in [0.5, 0.6) is 0 Å². The van der Waals surface area contributed by atoms with Crippen molar-refractivity contribution < 1.29 is 4.52 Å². The van der Waals surface area contributed by atoms with E-state index < -0.39 is 0 Å². The Morgan fingerprint density at radius 2 is 2.06 bits per heavy atom. The molecule has 1 aromatic heterocycles. The lowest BCUT2D eigenvalue weighted by Gasteiger charge is -2.20. The molecule has 2 heterocycles. The first-order chi connectivity index (χ1) is 7.25. The normalized spacial score (nSPS) is 17.4. The predicted octanol–water partition coefficient (Wildman–Crippen LogP) is 2.16. The molecule has 16 heavy (non-hydrogen) atoms. The van der Waals surface area contributed by atoms with Gasteiger partial charge in [-0.3, -0.25) is 0 Å². The van der Waals surface area contributed by atoms with Crippen LogP contribution >= 0.6 is 12.4 Å². The highest BCUT2D eigenvalue weighted by Crippen LogP contribution is 2.18. The quantitative estimate of drug-likeness (QED) is 0.887. The number of hydrogen-bond donors (Lipinski definition) is 1. The Balaban J connectivity index is 0.00000128. The predicted molar refractivity (Wildman–Crippen MR) is 64.9 cm³/mol. The van der Waals surface area contributed by atoms with E-state index in [4.69, 9.17) is 4.52 Å². The Bertz CT molecular complexity index is 308. The summed E-state index contributed by atoms with van der Waals surface area (Å²) in [6, 6.07) is 0. The average Bonchev–Trinajstić information content (AvgIpc) is 2.68. The van der Waals surface area contributed by atoms with Gasteiger partial charge in [-0.05, 0) is 31.8 Å². The Kier molecular flexibility index (Phi) is 5.22. The standard InChI is InChI=1S/C11H19N3O.ClH/c1-8(2)11-13-10(15-14-11)7-9-3-5-12-6-4-9;/h8-9,12H,3-7H2,1-2H3;1H. The molecule has 0 atom stereocenters. The van der Waals surface area contributed by atoms with Crippen LogP contribution in [0.15, 0.2) is 4.52 Å². The first-order valence-corrected chi connectivity index (χ1v) is 5.79. The largest absolute Gasteiger partial charge is 0.339 e. The van der Waals surface area contributed by atoms with Gasteiger partial charge in [-0.15, -0.1) is 12.4 Å². The summed E-state index contributed by atoms with van der Waals surface area (Å²) in [6.45, 7) is 6.41. The van der Waals surface area contributed by atoms with Gasteiger partial charge in [0.2, 0.25) is 5.89 Å². The van der Waals surface area contributed by atoms with Crippen molar-refractivity contribution in [3.05, 3.63) is 11.7 Å². The molecule has 0 aromatic carbocycles. The van der Waals surface area contributed by atoms with E-state index in [1.807, 2.05) is 0 Å². The zero-order valence-electron chi connectivity index (χ0n) is 9.90. The molecule has 0 saturated carbocycles. The van der Waals surface area contributed by atoms with Crippen molar-refractivity contribution in [1.29, 1.82) is 0 Å². The van der Waals surface area contributed by atoms with Gasteiger partial charge in [-0.2, -0.15) is 4.98 Å². The summed E-state index contributed by atoms with van der Waals surface area (Å²) in [5.41, 5.74) is 0. The molecule has 2 rings (SSSR count). The van der Waals surface area contributed by atoms with E-state index in [1.165, 1.54) is 12.8 Å². The minimum absolute atomic E-state index is 0. The van der Waals surface area contributed by atoms with Gasteiger partial charge in [0.25, 0.3) is 0 Å². The molecule has 0 radical (unpaired) electrons. The first-order valence-electron chi connectivity index (χ1n) is 5.79. The van der Waals surface area contributed by atoms with Crippen LogP contribution in [0.4, 0.5) is 0 Å². The van der Waals surface area contributed by atoms with E-state index >= 15 is 0 Å². The van der Waals surface area contributed by atoms with Crippen LogP contribution in [0.3, 0.4) is 0 Å².